The van der Waals surface area contributed by atoms with Gasteiger partial charge in [0.25, 0.3) is 5.91 Å². The van der Waals surface area contributed by atoms with E-state index in [2.05, 4.69) is 21.0 Å². The maximum absolute atomic E-state index is 13.2. The number of nitrogens with zero attached hydrogens (tertiary/aromatic N) is 2. The summed E-state index contributed by atoms with van der Waals surface area (Å²) in [6.07, 6.45) is -5.65. The van der Waals surface area contributed by atoms with Gasteiger partial charge in [0, 0.05) is 15.6 Å². The van der Waals surface area contributed by atoms with Crippen LogP contribution in [-0.2, 0) is 5.72 Å². The van der Waals surface area contributed by atoms with Crippen LogP contribution >= 0.6 is 15.9 Å². The maximum atomic E-state index is 13.2. The molecule has 0 aromatic heterocycles. The summed E-state index contributed by atoms with van der Waals surface area (Å²) < 4.78 is 45.3. The van der Waals surface area contributed by atoms with Gasteiger partial charge in [0.15, 0.2) is 5.72 Å². The van der Waals surface area contributed by atoms with Crippen LogP contribution in [0.5, 0.6) is 5.75 Å². The lowest BCUT2D eigenvalue weighted by Crippen LogP contribution is -2.43. The summed E-state index contributed by atoms with van der Waals surface area (Å²) in [5.41, 5.74) is -3.36. The number of amides is 1. The molecule has 2 aromatic carbocycles. The van der Waals surface area contributed by atoms with Crippen LogP contribution in [0.1, 0.15) is 22.3 Å². The Labute approximate surface area is 161 Å². The predicted octanol–water partition coefficient (Wildman–Crippen LogP) is 4.07. The lowest BCUT2D eigenvalue weighted by molar-refractivity contribution is -0.0816. The number of methoxy groups -OCH3 is 1. The highest BCUT2D eigenvalue weighted by Crippen LogP contribution is 2.41. The lowest BCUT2D eigenvalue weighted by Gasteiger charge is -2.31. The molecular weight excluding hydrogens is 429 g/mol. The first-order valence-corrected chi connectivity index (χ1v) is 8.56. The van der Waals surface area contributed by atoms with Crippen LogP contribution < -0.4 is 4.74 Å². The number of carbonyl (C=O) groups excluding carboxylic acids is 1. The Hall–Kier alpha value is -2.39. The van der Waals surface area contributed by atoms with Crippen LogP contribution in [0.3, 0.4) is 0 Å². The molecule has 1 unspecified atom stereocenters. The van der Waals surface area contributed by atoms with Crippen LogP contribution in [0, 0.1) is 0 Å². The van der Waals surface area contributed by atoms with Crippen LogP contribution in [0.2, 0.25) is 0 Å². The van der Waals surface area contributed by atoms with Crippen molar-refractivity contribution in [1.29, 1.82) is 0 Å². The Morgan fingerprint density at radius 1 is 1.26 bits per heavy atom. The van der Waals surface area contributed by atoms with Crippen molar-refractivity contribution in [2.24, 2.45) is 5.10 Å². The molecule has 1 atom stereocenters. The van der Waals surface area contributed by atoms with Gasteiger partial charge >= 0.3 is 6.18 Å². The van der Waals surface area contributed by atoms with Crippen LogP contribution in [0.4, 0.5) is 13.2 Å². The molecule has 0 bridgehead atoms. The molecule has 0 radical (unpaired) electrons. The molecule has 0 fully saturated rings. The molecule has 142 valence electrons. The maximum Gasteiger partial charge on any atom is 0.431 e. The van der Waals surface area contributed by atoms with E-state index in [1.165, 1.54) is 37.4 Å². The number of rotatable bonds is 3. The van der Waals surface area contributed by atoms with Gasteiger partial charge < -0.3 is 9.84 Å². The Balaban J connectivity index is 2.09. The first kappa shape index (κ1) is 19.4. The largest absolute Gasteiger partial charge is 0.497 e. The third kappa shape index (κ3) is 3.70. The second-order valence-corrected chi connectivity index (χ2v) is 6.81. The molecule has 27 heavy (non-hydrogen) atoms. The average molecular weight is 443 g/mol. The minimum Gasteiger partial charge on any atom is -0.497 e. The normalized spacial score (nSPS) is 19.8. The summed E-state index contributed by atoms with van der Waals surface area (Å²) in [5.74, 6) is -0.526. The fraction of sp³-hybridized carbons (Fsp3) is 0.222. The first-order chi connectivity index (χ1) is 12.6. The summed E-state index contributed by atoms with van der Waals surface area (Å²) in [6.45, 7) is 0. The molecule has 2 aromatic rings. The summed E-state index contributed by atoms with van der Waals surface area (Å²) in [7, 11) is 1.40. The van der Waals surface area contributed by atoms with E-state index in [1.807, 2.05) is 0 Å². The minimum atomic E-state index is -4.77. The SMILES string of the molecule is COc1cccc(C(=O)N2N=C(C(F)(F)F)CC2(O)c2cccc(Br)c2)c1. The summed E-state index contributed by atoms with van der Waals surface area (Å²) in [6, 6.07) is 12.0. The fourth-order valence-electron chi connectivity index (χ4n) is 2.76. The fourth-order valence-corrected chi connectivity index (χ4v) is 3.16. The van der Waals surface area contributed by atoms with Gasteiger partial charge in [0.05, 0.1) is 13.5 Å². The highest BCUT2D eigenvalue weighted by molar-refractivity contribution is 9.10. The van der Waals surface area contributed by atoms with Gasteiger partial charge in [-0.1, -0.05) is 34.1 Å². The van der Waals surface area contributed by atoms with Crippen molar-refractivity contribution in [3.8, 4) is 5.75 Å². The van der Waals surface area contributed by atoms with Crippen molar-refractivity contribution in [3.05, 3.63) is 64.1 Å². The van der Waals surface area contributed by atoms with Crippen molar-refractivity contribution in [3.63, 3.8) is 0 Å². The molecule has 1 amide bonds. The van der Waals surface area contributed by atoms with Gasteiger partial charge in [-0.25, -0.2) is 0 Å². The van der Waals surface area contributed by atoms with Crippen molar-refractivity contribution in [1.82, 2.24) is 5.01 Å². The molecule has 0 saturated heterocycles. The molecule has 1 N–H and O–H groups in total. The zero-order valence-electron chi connectivity index (χ0n) is 14.0. The Morgan fingerprint density at radius 3 is 2.59 bits per heavy atom. The number of ether oxygens (including phenoxy) is 1. The van der Waals surface area contributed by atoms with Crippen LogP contribution in [0.15, 0.2) is 58.1 Å². The molecule has 1 aliphatic heterocycles. The standard InChI is InChI=1S/C18H14BrF3N2O3/c1-27-14-7-2-4-11(8-14)16(25)24-17(26,10-15(23-24)18(20,21)22)12-5-3-6-13(19)9-12/h2-9,26H,10H2,1H3. The average Bonchev–Trinajstić information content (AvgIpc) is 3.00. The van der Waals surface area contributed by atoms with E-state index in [4.69, 9.17) is 4.74 Å². The second-order valence-electron chi connectivity index (χ2n) is 5.90. The van der Waals surface area contributed by atoms with Gasteiger partial charge in [-0.15, -0.1) is 0 Å². The third-order valence-electron chi connectivity index (χ3n) is 4.11. The van der Waals surface area contributed by atoms with E-state index in [0.29, 0.717) is 15.2 Å². The smallest absolute Gasteiger partial charge is 0.431 e. The molecule has 0 saturated carbocycles. The van der Waals surface area contributed by atoms with E-state index < -0.39 is 29.9 Å². The molecule has 9 heteroatoms. The molecule has 0 spiro atoms. The number of benzene rings is 2. The Morgan fingerprint density at radius 2 is 1.96 bits per heavy atom. The van der Waals surface area contributed by atoms with E-state index in [-0.39, 0.29) is 11.1 Å². The molecule has 1 aliphatic rings. The van der Waals surface area contributed by atoms with E-state index in [9.17, 15) is 23.1 Å². The quantitative estimate of drug-likeness (QED) is 0.779. The number of alkyl halides is 3. The number of hydrazone groups is 1. The monoisotopic (exact) mass is 442 g/mol. The molecular formula is C18H14BrF3N2O3. The topological polar surface area (TPSA) is 62.1 Å². The first-order valence-electron chi connectivity index (χ1n) is 7.77. The van der Waals surface area contributed by atoms with E-state index in [1.54, 1.807) is 18.2 Å². The van der Waals surface area contributed by atoms with Gasteiger partial charge in [0.2, 0.25) is 0 Å². The molecule has 5 nitrogen and oxygen atoms in total. The number of aliphatic hydroxyl groups is 1. The molecule has 3 rings (SSSR count). The van der Waals surface area contributed by atoms with Crippen molar-refractivity contribution < 1.29 is 27.8 Å². The highest BCUT2D eigenvalue weighted by atomic mass is 79.9. The number of carbonyl (C=O) groups is 1. The Bertz CT molecular complexity index is 917. The van der Waals surface area contributed by atoms with Crippen LogP contribution in [0.25, 0.3) is 0 Å². The van der Waals surface area contributed by atoms with Crippen molar-refractivity contribution >= 4 is 27.5 Å². The van der Waals surface area contributed by atoms with Crippen molar-refractivity contribution in [2.75, 3.05) is 7.11 Å². The molecule has 0 aliphatic carbocycles. The van der Waals surface area contributed by atoms with Crippen LogP contribution in [-0.4, -0.2) is 35.0 Å². The van der Waals surface area contributed by atoms with Gasteiger partial charge in [-0.2, -0.15) is 23.3 Å². The molecule has 1 heterocycles. The van der Waals surface area contributed by atoms with Gasteiger partial charge in [-0.3, -0.25) is 4.79 Å². The number of hydrogen-bond acceptors (Lipinski definition) is 4. The lowest BCUT2D eigenvalue weighted by atomic mass is 9.96. The minimum absolute atomic E-state index is 0.0370. The summed E-state index contributed by atoms with van der Waals surface area (Å²) in [4.78, 5) is 12.9. The van der Waals surface area contributed by atoms with E-state index in [0.717, 1.165) is 0 Å². The zero-order valence-corrected chi connectivity index (χ0v) is 15.6. The zero-order chi connectivity index (χ0) is 19.8. The highest BCUT2D eigenvalue weighted by Gasteiger charge is 2.53. The van der Waals surface area contributed by atoms with Gasteiger partial charge in [-0.05, 0) is 30.3 Å². The summed E-state index contributed by atoms with van der Waals surface area (Å²) >= 11 is 3.22. The third-order valence-corrected chi connectivity index (χ3v) is 4.60. The van der Waals surface area contributed by atoms with Gasteiger partial charge in [0.1, 0.15) is 11.5 Å². The van der Waals surface area contributed by atoms with Crippen molar-refractivity contribution in [2.45, 2.75) is 18.3 Å². The second kappa shape index (κ2) is 6.97. The Kier molecular flexibility index (Phi) is 5.00. The predicted molar refractivity (Wildman–Crippen MR) is 95.3 cm³/mol. The number of halogens is 4. The number of hydrogen-bond donors (Lipinski definition) is 1. The summed E-state index contributed by atoms with van der Waals surface area (Å²) in [5, 5.41) is 15.0. The van der Waals surface area contributed by atoms with E-state index >= 15 is 0 Å².